The minimum absolute atomic E-state index is 1.09. The van der Waals surface area contributed by atoms with Crippen molar-refractivity contribution < 1.29 is 92.5 Å². The minimum atomic E-state index is -8.47. The Morgan fingerprint density at radius 3 is 0.667 bits per heavy atom. The number of halogens is 20. The molecule has 2 unspecified atom stereocenters. The van der Waals surface area contributed by atoms with Crippen LogP contribution in [0.4, 0.5) is 87.8 Å². The summed E-state index contributed by atoms with van der Waals surface area (Å²) in [4.78, 5) is 0. The van der Waals surface area contributed by atoms with Crippen LogP contribution < -0.4 is 0 Å². The van der Waals surface area contributed by atoms with Crippen LogP contribution >= 0.6 is 0 Å². The van der Waals surface area contributed by atoms with Crippen molar-refractivity contribution in [1.29, 1.82) is 0 Å². The standard InChI is InChI=1S/C12H6F20O/c1-3(13,14)7(19,20)5(17,9(23,24)25)11(29,30)33-12(31,32)6(18,10(26,27)28)8(21,22)4(2,15)16/h1-2H3. The lowest BCUT2D eigenvalue weighted by molar-refractivity contribution is -0.525. The zero-order valence-corrected chi connectivity index (χ0v) is 15.0. The highest BCUT2D eigenvalue weighted by atomic mass is 19.4. The van der Waals surface area contributed by atoms with E-state index in [0.717, 1.165) is 4.74 Å². The molecule has 1 nitrogen and oxygen atoms in total. The first-order valence-corrected chi connectivity index (χ1v) is 7.19. The fourth-order valence-corrected chi connectivity index (χ4v) is 1.96. The van der Waals surface area contributed by atoms with Crippen molar-refractivity contribution in [2.75, 3.05) is 0 Å². The van der Waals surface area contributed by atoms with Crippen molar-refractivity contribution >= 4 is 0 Å². The summed E-state index contributed by atoms with van der Waals surface area (Å²) in [6.45, 7) is -2.86. The molecule has 0 saturated heterocycles. The van der Waals surface area contributed by atoms with Crippen molar-refractivity contribution in [2.24, 2.45) is 0 Å². The second kappa shape index (κ2) is 7.53. The van der Waals surface area contributed by atoms with E-state index in [1.54, 1.807) is 0 Å². The van der Waals surface area contributed by atoms with E-state index in [-0.39, 0.29) is 0 Å². The molecule has 0 aromatic carbocycles. The Bertz CT molecular complexity index is 647. The van der Waals surface area contributed by atoms with Crippen LogP contribution in [0.1, 0.15) is 13.8 Å². The predicted octanol–water partition coefficient (Wildman–Crippen LogP) is 7.31. The summed E-state index contributed by atoms with van der Waals surface area (Å²) in [6, 6.07) is 0. The molecule has 0 aliphatic rings. The van der Waals surface area contributed by atoms with Crippen molar-refractivity contribution in [2.45, 2.75) is 73.4 Å². The van der Waals surface area contributed by atoms with Crippen LogP contribution in [-0.2, 0) is 4.74 Å². The average molecular weight is 546 g/mol. The lowest BCUT2D eigenvalue weighted by Crippen LogP contribution is -2.76. The maximum Gasteiger partial charge on any atom is 0.437 e. The summed E-state index contributed by atoms with van der Waals surface area (Å²) in [5.74, 6) is -29.1. The van der Waals surface area contributed by atoms with Gasteiger partial charge in [-0.3, -0.25) is 0 Å². The predicted molar refractivity (Wildman–Crippen MR) is 61.9 cm³/mol. The van der Waals surface area contributed by atoms with Gasteiger partial charge in [-0.25, -0.2) is 31.1 Å². The summed E-state index contributed by atoms with van der Waals surface area (Å²) < 4.78 is 262. The largest absolute Gasteiger partial charge is 0.437 e. The van der Waals surface area contributed by atoms with Gasteiger partial charge >= 0.3 is 59.6 Å². The molecule has 0 fully saturated rings. The molecule has 0 heterocycles. The lowest BCUT2D eigenvalue weighted by Gasteiger charge is -2.45. The molecule has 0 rings (SSSR count). The van der Waals surface area contributed by atoms with Crippen LogP contribution in [0.15, 0.2) is 0 Å². The summed E-state index contributed by atoms with van der Waals surface area (Å²) in [5.41, 5.74) is -16.9. The minimum Gasteiger partial charge on any atom is -0.249 e. The zero-order valence-electron chi connectivity index (χ0n) is 15.0. The Morgan fingerprint density at radius 2 is 0.545 bits per heavy atom. The van der Waals surface area contributed by atoms with Crippen LogP contribution in [0.5, 0.6) is 0 Å². The molecule has 0 aliphatic carbocycles. The Morgan fingerprint density at radius 1 is 0.364 bits per heavy atom. The Balaban J connectivity index is 7.21. The fourth-order valence-electron chi connectivity index (χ4n) is 1.96. The second-order valence-electron chi connectivity index (χ2n) is 6.37. The molecule has 0 N–H and O–H groups in total. The topological polar surface area (TPSA) is 9.23 Å². The normalized spacial score (nSPS) is 19.8. The van der Waals surface area contributed by atoms with Gasteiger partial charge in [0.25, 0.3) is 0 Å². The van der Waals surface area contributed by atoms with E-state index in [1.165, 1.54) is 0 Å². The highest BCUT2D eigenvalue weighted by Gasteiger charge is 2.94. The molecule has 0 bridgehead atoms. The lowest BCUT2D eigenvalue weighted by atomic mass is 9.89. The third-order valence-electron chi connectivity index (χ3n) is 3.81. The molecule has 0 amide bonds. The monoisotopic (exact) mass is 546 g/mol. The van der Waals surface area contributed by atoms with Crippen LogP contribution in [0.25, 0.3) is 0 Å². The summed E-state index contributed by atoms with van der Waals surface area (Å²) in [7, 11) is 0. The smallest absolute Gasteiger partial charge is 0.249 e. The molecule has 0 aliphatic heterocycles. The van der Waals surface area contributed by atoms with Gasteiger partial charge in [0.2, 0.25) is 0 Å². The average Bonchev–Trinajstić information content (AvgIpc) is 2.46. The third-order valence-corrected chi connectivity index (χ3v) is 3.81. The van der Waals surface area contributed by atoms with E-state index >= 15 is 0 Å². The Labute approximate surface area is 167 Å². The van der Waals surface area contributed by atoms with Gasteiger partial charge in [0, 0.05) is 13.8 Å². The maximum absolute atomic E-state index is 13.8. The van der Waals surface area contributed by atoms with E-state index in [4.69, 9.17) is 0 Å². The Kier molecular flexibility index (Phi) is 7.20. The van der Waals surface area contributed by atoms with Gasteiger partial charge in [-0.1, -0.05) is 0 Å². The van der Waals surface area contributed by atoms with Crippen molar-refractivity contribution in [3.8, 4) is 0 Å². The van der Waals surface area contributed by atoms with E-state index < -0.39 is 73.4 Å². The van der Waals surface area contributed by atoms with Gasteiger partial charge in [-0.2, -0.15) is 61.5 Å². The molecule has 21 heteroatoms. The van der Waals surface area contributed by atoms with E-state index in [2.05, 4.69) is 0 Å². The molecular weight excluding hydrogens is 540 g/mol. The van der Waals surface area contributed by atoms with Gasteiger partial charge in [-0.15, -0.1) is 0 Å². The SMILES string of the molecule is CC(F)(F)C(F)(F)C(F)(C(F)(F)F)C(F)(F)OC(F)(F)C(F)(C(F)(F)F)C(F)(F)C(C)(F)F. The molecule has 0 saturated carbocycles. The molecule has 0 aromatic heterocycles. The number of hydrogen-bond donors (Lipinski definition) is 0. The molecular formula is C12H6F20O. The number of hydrogen-bond acceptors (Lipinski definition) is 1. The van der Waals surface area contributed by atoms with Crippen LogP contribution in [0.2, 0.25) is 0 Å². The van der Waals surface area contributed by atoms with E-state index in [1.807, 2.05) is 0 Å². The second-order valence-corrected chi connectivity index (χ2v) is 6.37. The zero-order chi connectivity index (χ0) is 27.7. The first-order chi connectivity index (χ1) is 13.7. The number of alkyl halides is 20. The van der Waals surface area contributed by atoms with Gasteiger partial charge in [0.05, 0.1) is 0 Å². The van der Waals surface area contributed by atoms with E-state index in [9.17, 15) is 87.8 Å². The van der Waals surface area contributed by atoms with Crippen molar-refractivity contribution in [1.82, 2.24) is 0 Å². The fraction of sp³-hybridized carbons (Fsp3) is 1.00. The van der Waals surface area contributed by atoms with Gasteiger partial charge in [-0.05, 0) is 0 Å². The third kappa shape index (κ3) is 4.25. The summed E-state index contributed by atoms with van der Waals surface area (Å²) in [6.07, 6.45) is -33.3. The summed E-state index contributed by atoms with van der Waals surface area (Å²) >= 11 is 0. The summed E-state index contributed by atoms with van der Waals surface area (Å²) in [5, 5.41) is 0. The van der Waals surface area contributed by atoms with Crippen LogP contribution in [0, 0.1) is 0 Å². The first-order valence-electron chi connectivity index (χ1n) is 7.19. The van der Waals surface area contributed by atoms with Crippen molar-refractivity contribution in [3.63, 3.8) is 0 Å². The van der Waals surface area contributed by atoms with E-state index in [0.29, 0.717) is 0 Å². The van der Waals surface area contributed by atoms with Crippen LogP contribution in [0.3, 0.4) is 0 Å². The Hall–Kier alpha value is -1.44. The highest BCUT2D eigenvalue weighted by Crippen LogP contribution is 2.64. The van der Waals surface area contributed by atoms with Gasteiger partial charge in [0.15, 0.2) is 0 Å². The molecule has 0 aromatic rings. The number of rotatable bonds is 8. The molecule has 0 spiro atoms. The highest BCUT2D eigenvalue weighted by molar-refractivity contribution is 5.14. The quantitative estimate of drug-likeness (QED) is 0.291. The van der Waals surface area contributed by atoms with Gasteiger partial charge < -0.3 is 0 Å². The molecule has 0 radical (unpaired) electrons. The first kappa shape index (κ1) is 31.6. The van der Waals surface area contributed by atoms with Crippen LogP contribution in [-0.4, -0.2) is 59.6 Å². The molecule has 2 atom stereocenters. The molecule has 200 valence electrons. The van der Waals surface area contributed by atoms with Crippen molar-refractivity contribution in [3.05, 3.63) is 0 Å². The molecule has 33 heavy (non-hydrogen) atoms. The maximum atomic E-state index is 13.8. The number of ether oxygens (including phenoxy) is 1. The van der Waals surface area contributed by atoms with Gasteiger partial charge in [0.1, 0.15) is 0 Å².